The Labute approximate surface area is 117 Å². The zero-order valence-electron chi connectivity index (χ0n) is 11.7. The first-order chi connectivity index (χ1) is 9.70. The Morgan fingerprint density at radius 2 is 2.10 bits per heavy atom. The maximum atomic E-state index is 10.3. The van der Waals surface area contributed by atoms with Crippen LogP contribution in [0, 0.1) is 6.92 Å². The van der Waals surface area contributed by atoms with Crippen molar-refractivity contribution < 1.29 is 9.52 Å². The van der Waals surface area contributed by atoms with Crippen molar-refractivity contribution >= 4 is 11.0 Å². The van der Waals surface area contributed by atoms with E-state index in [1.165, 1.54) is 0 Å². The first kappa shape index (κ1) is 12.9. The molecule has 0 amide bonds. The van der Waals surface area contributed by atoms with E-state index in [2.05, 4.69) is 22.5 Å². The van der Waals surface area contributed by atoms with Gasteiger partial charge in [-0.1, -0.05) is 12.1 Å². The molecule has 3 rings (SSSR count). The molecule has 2 aromatic heterocycles. The van der Waals surface area contributed by atoms with Crippen LogP contribution in [0.3, 0.4) is 0 Å². The molecule has 4 heteroatoms. The number of aliphatic hydroxyl groups excluding tert-OH is 1. The highest BCUT2D eigenvalue weighted by Crippen LogP contribution is 2.24. The van der Waals surface area contributed by atoms with Crippen LogP contribution in [0.25, 0.3) is 11.0 Å². The number of aromatic nitrogens is 2. The van der Waals surface area contributed by atoms with Gasteiger partial charge in [0.15, 0.2) is 0 Å². The maximum Gasteiger partial charge on any atom is 0.135 e. The smallest absolute Gasteiger partial charge is 0.135 e. The van der Waals surface area contributed by atoms with Crippen molar-refractivity contribution in [2.75, 3.05) is 0 Å². The minimum absolute atomic E-state index is 0.455. The molecule has 4 nitrogen and oxygen atoms in total. The van der Waals surface area contributed by atoms with Gasteiger partial charge in [0.05, 0.1) is 17.3 Å². The van der Waals surface area contributed by atoms with Crippen molar-refractivity contribution in [3.8, 4) is 0 Å². The Morgan fingerprint density at radius 1 is 1.30 bits per heavy atom. The zero-order valence-corrected chi connectivity index (χ0v) is 11.7. The lowest BCUT2D eigenvalue weighted by molar-refractivity contribution is 0.146. The summed E-state index contributed by atoms with van der Waals surface area (Å²) in [5.74, 6) is 1.51. The van der Waals surface area contributed by atoms with Crippen molar-refractivity contribution in [1.29, 1.82) is 0 Å². The molecule has 0 saturated heterocycles. The molecule has 1 N–H and O–H groups in total. The van der Waals surface area contributed by atoms with Gasteiger partial charge < -0.3 is 14.1 Å². The van der Waals surface area contributed by atoms with E-state index < -0.39 is 6.10 Å². The number of imidazole rings is 1. The molecule has 0 spiro atoms. The molecule has 0 aliphatic carbocycles. The van der Waals surface area contributed by atoms with E-state index in [0.717, 1.165) is 29.0 Å². The first-order valence-electron chi connectivity index (χ1n) is 6.87. The van der Waals surface area contributed by atoms with Gasteiger partial charge in [-0.15, -0.1) is 0 Å². The fourth-order valence-electron chi connectivity index (χ4n) is 2.63. The monoisotopic (exact) mass is 270 g/mol. The Kier molecular flexibility index (Phi) is 3.32. The summed E-state index contributed by atoms with van der Waals surface area (Å²) in [5, 5.41) is 10.3. The molecule has 0 aliphatic rings. The van der Waals surface area contributed by atoms with Crippen molar-refractivity contribution in [2.45, 2.75) is 32.9 Å². The number of aryl methyl sites for hydroxylation is 2. The Hall–Kier alpha value is -2.07. The molecule has 0 bridgehead atoms. The van der Waals surface area contributed by atoms with Gasteiger partial charge in [0.25, 0.3) is 0 Å². The number of hydrogen-bond acceptors (Lipinski definition) is 3. The van der Waals surface area contributed by atoms with Crippen LogP contribution in [0.2, 0.25) is 0 Å². The number of nitrogens with zero attached hydrogens (tertiary/aromatic N) is 2. The maximum absolute atomic E-state index is 10.3. The molecular weight excluding hydrogens is 252 g/mol. The second kappa shape index (κ2) is 5.13. The molecule has 1 unspecified atom stereocenters. The van der Waals surface area contributed by atoms with E-state index in [1.54, 1.807) is 6.26 Å². The number of rotatable bonds is 4. The molecule has 0 radical (unpaired) electrons. The van der Waals surface area contributed by atoms with E-state index in [9.17, 15) is 5.11 Å². The molecule has 104 valence electrons. The molecule has 1 aromatic carbocycles. The Morgan fingerprint density at radius 3 is 2.80 bits per heavy atom. The average Bonchev–Trinajstić information content (AvgIpc) is 3.01. The van der Waals surface area contributed by atoms with Crippen molar-refractivity contribution in [3.05, 3.63) is 53.7 Å². The fourth-order valence-corrected chi connectivity index (χ4v) is 2.63. The highest BCUT2D eigenvalue weighted by Gasteiger charge is 2.18. The van der Waals surface area contributed by atoms with Crippen LogP contribution in [0.1, 0.15) is 30.2 Å². The molecule has 0 fully saturated rings. The number of hydrogen-bond donors (Lipinski definition) is 1. The van der Waals surface area contributed by atoms with Crippen LogP contribution < -0.4 is 0 Å². The van der Waals surface area contributed by atoms with Crippen molar-refractivity contribution in [3.63, 3.8) is 0 Å². The second-order valence-electron chi connectivity index (χ2n) is 4.95. The molecule has 1 atom stereocenters. The fraction of sp³-hybridized carbons (Fsp3) is 0.312. The van der Waals surface area contributed by atoms with E-state index in [0.29, 0.717) is 12.2 Å². The summed E-state index contributed by atoms with van der Waals surface area (Å²) in [5.41, 5.74) is 3.04. The standard InChI is InChI=1S/C16H18N2O2/c1-3-18-13-7-5-4-6-12(13)17-15(18)10-14(19)16-11(2)8-9-20-16/h4-9,14,19H,3,10H2,1-2H3. The zero-order chi connectivity index (χ0) is 14.1. The summed E-state index contributed by atoms with van der Waals surface area (Å²) in [6, 6.07) is 9.90. The highest BCUT2D eigenvalue weighted by molar-refractivity contribution is 5.75. The van der Waals surface area contributed by atoms with Crippen LogP contribution in [0.5, 0.6) is 0 Å². The van der Waals surface area contributed by atoms with Crippen molar-refractivity contribution in [1.82, 2.24) is 9.55 Å². The summed E-state index contributed by atoms with van der Waals surface area (Å²) in [6.45, 7) is 4.85. The number of aliphatic hydroxyl groups is 1. The largest absolute Gasteiger partial charge is 0.466 e. The molecule has 20 heavy (non-hydrogen) atoms. The van der Waals surface area contributed by atoms with Crippen LogP contribution in [0.4, 0.5) is 0 Å². The predicted molar refractivity (Wildman–Crippen MR) is 77.5 cm³/mol. The van der Waals surface area contributed by atoms with Gasteiger partial charge in [0.1, 0.15) is 17.7 Å². The normalized spacial score (nSPS) is 12.9. The van der Waals surface area contributed by atoms with Crippen LogP contribution in [-0.4, -0.2) is 14.7 Å². The van der Waals surface area contributed by atoms with E-state index >= 15 is 0 Å². The second-order valence-corrected chi connectivity index (χ2v) is 4.95. The Bertz CT molecular complexity index is 727. The summed E-state index contributed by atoms with van der Waals surface area (Å²) in [7, 11) is 0. The quantitative estimate of drug-likeness (QED) is 0.791. The van der Waals surface area contributed by atoms with Gasteiger partial charge in [0.2, 0.25) is 0 Å². The van der Waals surface area contributed by atoms with E-state index in [1.807, 2.05) is 31.2 Å². The van der Waals surface area contributed by atoms with Gasteiger partial charge in [-0.3, -0.25) is 0 Å². The van der Waals surface area contributed by atoms with Crippen LogP contribution in [-0.2, 0) is 13.0 Å². The highest BCUT2D eigenvalue weighted by atomic mass is 16.4. The summed E-state index contributed by atoms with van der Waals surface area (Å²) < 4.78 is 7.49. The van der Waals surface area contributed by atoms with Gasteiger partial charge >= 0.3 is 0 Å². The predicted octanol–water partition coefficient (Wildman–Crippen LogP) is 3.23. The van der Waals surface area contributed by atoms with Gasteiger partial charge in [0, 0.05) is 13.0 Å². The number of benzene rings is 1. The third kappa shape index (κ3) is 2.12. The van der Waals surface area contributed by atoms with Crippen molar-refractivity contribution in [2.24, 2.45) is 0 Å². The third-order valence-corrected chi connectivity index (χ3v) is 3.63. The number of furan rings is 1. The SMILES string of the molecule is CCn1c(CC(O)c2occc2C)nc2ccccc21. The Balaban J connectivity index is 1.96. The minimum Gasteiger partial charge on any atom is -0.466 e. The van der Waals surface area contributed by atoms with Crippen LogP contribution >= 0.6 is 0 Å². The molecular formula is C16H18N2O2. The third-order valence-electron chi connectivity index (χ3n) is 3.63. The summed E-state index contributed by atoms with van der Waals surface area (Å²) >= 11 is 0. The van der Waals surface area contributed by atoms with Gasteiger partial charge in [-0.25, -0.2) is 4.98 Å². The van der Waals surface area contributed by atoms with Gasteiger partial charge in [-0.05, 0) is 37.6 Å². The lowest BCUT2D eigenvalue weighted by Crippen LogP contribution is -2.08. The molecule has 3 aromatic rings. The minimum atomic E-state index is -0.660. The van der Waals surface area contributed by atoms with Gasteiger partial charge in [-0.2, -0.15) is 0 Å². The van der Waals surface area contributed by atoms with Crippen LogP contribution in [0.15, 0.2) is 41.0 Å². The topological polar surface area (TPSA) is 51.2 Å². The summed E-state index contributed by atoms with van der Waals surface area (Å²) in [6.07, 6.45) is 1.40. The lowest BCUT2D eigenvalue weighted by Gasteiger charge is -2.10. The number of fused-ring (bicyclic) bond motifs is 1. The molecule has 0 saturated carbocycles. The lowest BCUT2D eigenvalue weighted by atomic mass is 10.1. The molecule has 2 heterocycles. The van der Waals surface area contributed by atoms with E-state index in [4.69, 9.17) is 4.42 Å². The van der Waals surface area contributed by atoms with E-state index in [-0.39, 0.29) is 0 Å². The first-order valence-corrected chi connectivity index (χ1v) is 6.87. The summed E-state index contributed by atoms with van der Waals surface area (Å²) in [4.78, 5) is 4.62. The average molecular weight is 270 g/mol. The number of para-hydroxylation sites is 2. The molecule has 0 aliphatic heterocycles.